The van der Waals surface area contributed by atoms with E-state index < -0.39 is 0 Å². The molecular formula is C12H10ClN3O2. The molecule has 0 unspecified atom stereocenters. The highest BCUT2D eigenvalue weighted by molar-refractivity contribution is 6.31. The van der Waals surface area contributed by atoms with Crippen LogP contribution in [0.1, 0.15) is 24.2 Å². The van der Waals surface area contributed by atoms with E-state index in [9.17, 15) is 0 Å². The topological polar surface area (TPSA) is 71.9 Å². The first-order valence-electron chi connectivity index (χ1n) is 5.37. The molecule has 0 saturated carbocycles. The van der Waals surface area contributed by atoms with Gasteiger partial charge in [-0.3, -0.25) is 0 Å². The normalized spacial score (nSPS) is 10.1. The molecule has 2 rings (SSSR count). The minimum Gasteiger partial charge on any atom is -0.484 e. The third kappa shape index (κ3) is 2.79. The second-order valence-corrected chi connectivity index (χ2v) is 3.91. The molecule has 1 aromatic heterocycles. The van der Waals surface area contributed by atoms with E-state index in [4.69, 9.17) is 26.1 Å². The van der Waals surface area contributed by atoms with Crippen molar-refractivity contribution < 1.29 is 9.26 Å². The van der Waals surface area contributed by atoms with Gasteiger partial charge in [-0.2, -0.15) is 10.2 Å². The molecule has 92 valence electrons. The smallest absolute Gasteiger partial charge is 0.264 e. The van der Waals surface area contributed by atoms with Crippen LogP contribution in [0.3, 0.4) is 0 Å². The maximum Gasteiger partial charge on any atom is 0.264 e. The van der Waals surface area contributed by atoms with Crippen LogP contribution >= 0.6 is 11.6 Å². The molecular weight excluding hydrogens is 254 g/mol. The lowest BCUT2D eigenvalue weighted by Gasteiger charge is -2.03. The summed E-state index contributed by atoms with van der Waals surface area (Å²) in [5.74, 6) is 1.61. The zero-order chi connectivity index (χ0) is 13.0. The number of hydrogen-bond donors (Lipinski definition) is 0. The maximum absolute atomic E-state index is 8.74. The van der Waals surface area contributed by atoms with Crippen molar-refractivity contribution in [2.24, 2.45) is 0 Å². The third-order valence-corrected chi connectivity index (χ3v) is 2.56. The lowest BCUT2D eigenvalue weighted by Crippen LogP contribution is -1.96. The van der Waals surface area contributed by atoms with E-state index in [1.807, 2.05) is 13.0 Å². The van der Waals surface area contributed by atoms with Gasteiger partial charge >= 0.3 is 0 Å². The number of benzene rings is 1. The van der Waals surface area contributed by atoms with Crippen LogP contribution in [0.25, 0.3) is 0 Å². The molecule has 0 amide bonds. The minimum atomic E-state index is 0.176. The van der Waals surface area contributed by atoms with E-state index in [1.54, 1.807) is 18.2 Å². The molecule has 1 heterocycles. The van der Waals surface area contributed by atoms with Crippen LogP contribution < -0.4 is 4.74 Å². The monoisotopic (exact) mass is 263 g/mol. The fourth-order valence-electron chi connectivity index (χ4n) is 1.31. The van der Waals surface area contributed by atoms with Crippen molar-refractivity contribution in [3.63, 3.8) is 0 Å². The lowest BCUT2D eigenvalue weighted by molar-refractivity contribution is 0.242. The predicted molar refractivity (Wildman–Crippen MR) is 64.2 cm³/mol. The Hall–Kier alpha value is -2.06. The summed E-state index contributed by atoms with van der Waals surface area (Å²) in [5.41, 5.74) is 0.412. The molecule has 0 radical (unpaired) electrons. The van der Waals surface area contributed by atoms with Crippen LogP contribution in [-0.4, -0.2) is 10.1 Å². The van der Waals surface area contributed by atoms with Crippen LogP contribution in [0.15, 0.2) is 22.7 Å². The Balaban J connectivity index is 2.02. The maximum atomic E-state index is 8.74. The van der Waals surface area contributed by atoms with Gasteiger partial charge in [-0.15, -0.1) is 0 Å². The summed E-state index contributed by atoms with van der Waals surface area (Å²) in [5, 5.41) is 12.9. The molecule has 0 spiro atoms. The van der Waals surface area contributed by atoms with Gasteiger partial charge in [0.15, 0.2) is 12.4 Å². The Morgan fingerprint density at radius 1 is 1.50 bits per heavy atom. The summed E-state index contributed by atoms with van der Waals surface area (Å²) in [4.78, 5) is 4.11. The summed E-state index contributed by atoms with van der Waals surface area (Å²) in [6.07, 6.45) is 0.714. The highest BCUT2D eigenvalue weighted by Crippen LogP contribution is 2.22. The molecule has 0 aliphatic heterocycles. The molecule has 0 aliphatic carbocycles. The van der Waals surface area contributed by atoms with E-state index in [-0.39, 0.29) is 6.61 Å². The Morgan fingerprint density at radius 2 is 2.33 bits per heavy atom. The van der Waals surface area contributed by atoms with Crippen LogP contribution in [0, 0.1) is 11.3 Å². The molecule has 1 aromatic carbocycles. The predicted octanol–water partition coefficient (Wildman–Crippen LogP) is 2.74. The average molecular weight is 264 g/mol. The Morgan fingerprint density at radius 3 is 2.94 bits per heavy atom. The summed E-state index contributed by atoms with van der Waals surface area (Å²) in [6, 6.07) is 6.83. The number of nitriles is 1. The molecule has 2 aromatic rings. The second kappa shape index (κ2) is 5.52. The first kappa shape index (κ1) is 12.4. The Bertz CT molecular complexity index is 589. The number of hydrogen-bond acceptors (Lipinski definition) is 5. The van der Waals surface area contributed by atoms with Crippen molar-refractivity contribution in [2.45, 2.75) is 20.0 Å². The third-order valence-electron chi connectivity index (χ3n) is 2.25. The van der Waals surface area contributed by atoms with Gasteiger partial charge in [0.2, 0.25) is 0 Å². The number of aryl methyl sites for hydroxylation is 1. The summed E-state index contributed by atoms with van der Waals surface area (Å²) in [6.45, 7) is 2.12. The highest BCUT2D eigenvalue weighted by Gasteiger charge is 2.06. The highest BCUT2D eigenvalue weighted by atomic mass is 35.5. The van der Waals surface area contributed by atoms with Crippen LogP contribution in [0.2, 0.25) is 5.02 Å². The zero-order valence-corrected chi connectivity index (χ0v) is 10.4. The standard InChI is InChI=1S/C12H10ClN3O2/c1-2-11-15-12(18-16-11)7-17-9-4-3-8(6-14)10(13)5-9/h3-5H,2,7H2,1H3. The molecule has 0 bridgehead atoms. The fourth-order valence-corrected chi connectivity index (χ4v) is 1.53. The number of ether oxygens (including phenoxy) is 1. The molecule has 5 nitrogen and oxygen atoms in total. The van der Waals surface area contributed by atoms with Crippen molar-refractivity contribution in [3.8, 4) is 11.8 Å². The zero-order valence-electron chi connectivity index (χ0n) is 9.68. The summed E-state index contributed by atoms with van der Waals surface area (Å²) >= 11 is 5.88. The molecule has 0 N–H and O–H groups in total. The summed E-state index contributed by atoms with van der Waals surface area (Å²) in [7, 11) is 0. The second-order valence-electron chi connectivity index (χ2n) is 3.50. The van der Waals surface area contributed by atoms with Gasteiger partial charge in [0, 0.05) is 12.5 Å². The van der Waals surface area contributed by atoms with Gasteiger partial charge in [-0.1, -0.05) is 23.7 Å². The number of halogens is 1. The van der Waals surface area contributed by atoms with Crippen molar-refractivity contribution in [3.05, 3.63) is 40.5 Å². The van der Waals surface area contributed by atoms with Crippen molar-refractivity contribution in [1.29, 1.82) is 5.26 Å². The van der Waals surface area contributed by atoms with E-state index >= 15 is 0 Å². The van der Waals surface area contributed by atoms with Gasteiger partial charge in [0.25, 0.3) is 5.89 Å². The van der Waals surface area contributed by atoms with Crippen molar-refractivity contribution in [1.82, 2.24) is 10.1 Å². The van der Waals surface area contributed by atoms with Gasteiger partial charge in [-0.25, -0.2) is 0 Å². The van der Waals surface area contributed by atoms with Crippen LogP contribution in [-0.2, 0) is 13.0 Å². The SMILES string of the molecule is CCc1noc(COc2ccc(C#N)c(Cl)c2)n1. The average Bonchev–Trinajstić information content (AvgIpc) is 2.84. The van der Waals surface area contributed by atoms with E-state index in [2.05, 4.69) is 10.1 Å². The van der Waals surface area contributed by atoms with Crippen LogP contribution in [0.4, 0.5) is 0 Å². The fraction of sp³-hybridized carbons (Fsp3) is 0.250. The van der Waals surface area contributed by atoms with E-state index in [1.165, 1.54) is 0 Å². The Kier molecular flexibility index (Phi) is 3.80. The number of aromatic nitrogens is 2. The van der Waals surface area contributed by atoms with Gasteiger partial charge in [0.1, 0.15) is 11.8 Å². The van der Waals surface area contributed by atoms with Crippen molar-refractivity contribution in [2.75, 3.05) is 0 Å². The first-order chi connectivity index (χ1) is 8.72. The lowest BCUT2D eigenvalue weighted by atomic mass is 10.2. The largest absolute Gasteiger partial charge is 0.484 e. The minimum absolute atomic E-state index is 0.176. The van der Waals surface area contributed by atoms with Gasteiger partial charge < -0.3 is 9.26 Å². The summed E-state index contributed by atoms with van der Waals surface area (Å²) < 4.78 is 10.4. The molecule has 0 atom stereocenters. The number of rotatable bonds is 4. The molecule has 6 heteroatoms. The van der Waals surface area contributed by atoms with Crippen LogP contribution in [0.5, 0.6) is 5.75 Å². The first-order valence-corrected chi connectivity index (χ1v) is 5.74. The van der Waals surface area contributed by atoms with E-state index in [0.717, 1.165) is 0 Å². The Labute approximate surface area is 109 Å². The number of nitrogens with zero attached hydrogens (tertiary/aromatic N) is 3. The molecule has 0 saturated heterocycles. The molecule has 0 aliphatic rings. The van der Waals surface area contributed by atoms with Gasteiger partial charge in [-0.05, 0) is 12.1 Å². The van der Waals surface area contributed by atoms with Crippen molar-refractivity contribution >= 4 is 11.6 Å². The quantitative estimate of drug-likeness (QED) is 0.848. The molecule has 18 heavy (non-hydrogen) atoms. The van der Waals surface area contributed by atoms with Gasteiger partial charge in [0.05, 0.1) is 10.6 Å². The van der Waals surface area contributed by atoms with E-state index in [0.29, 0.717) is 34.5 Å². The molecule has 0 fully saturated rings.